The van der Waals surface area contributed by atoms with E-state index < -0.39 is 0 Å². The van der Waals surface area contributed by atoms with E-state index in [9.17, 15) is 0 Å². The maximum absolute atomic E-state index is 5.22. The van der Waals surface area contributed by atoms with Crippen LogP contribution in [0.1, 0.15) is 5.56 Å². The molecule has 0 bridgehead atoms. The van der Waals surface area contributed by atoms with Gasteiger partial charge in [-0.1, -0.05) is 17.9 Å². The lowest BCUT2D eigenvalue weighted by Gasteiger charge is -1.90. The maximum Gasteiger partial charge on any atom is 0.0646 e. The third kappa shape index (κ3) is 2.26. The van der Waals surface area contributed by atoms with Gasteiger partial charge in [-0.05, 0) is 0 Å². The van der Waals surface area contributed by atoms with Crippen LogP contribution in [0.2, 0.25) is 0 Å². The van der Waals surface area contributed by atoms with Gasteiger partial charge in [-0.3, -0.25) is 4.68 Å². The van der Waals surface area contributed by atoms with Gasteiger partial charge in [0.05, 0.1) is 24.8 Å². The smallest absolute Gasteiger partial charge is 0.0646 e. The minimum absolute atomic E-state index is 0.382. The zero-order valence-corrected chi connectivity index (χ0v) is 6.83. The Balaban J connectivity index is 2.70. The maximum atomic E-state index is 5.22. The molecule has 62 valence electrons. The summed E-state index contributed by atoms with van der Waals surface area (Å²) in [5, 5.41) is 4.06. The summed E-state index contributed by atoms with van der Waals surface area (Å²) >= 11 is 0. The van der Waals surface area contributed by atoms with Crippen molar-refractivity contribution in [1.29, 1.82) is 0 Å². The average molecular weight is 161 g/mol. The monoisotopic (exact) mass is 161 g/mol. The van der Waals surface area contributed by atoms with E-state index in [-0.39, 0.29) is 0 Å². The molecule has 0 saturated heterocycles. The molecule has 1 heterocycles. The molecule has 2 N–H and O–H groups in total. The predicted octanol–water partition coefficient (Wildman–Crippen LogP) is 0.379. The van der Waals surface area contributed by atoms with Crippen LogP contribution in [-0.4, -0.2) is 16.3 Å². The third-order valence-electron chi connectivity index (χ3n) is 1.28. The van der Waals surface area contributed by atoms with Crippen LogP contribution < -0.4 is 5.73 Å². The zero-order chi connectivity index (χ0) is 8.81. The Morgan fingerprint density at radius 1 is 1.75 bits per heavy atom. The van der Waals surface area contributed by atoms with Crippen LogP contribution >= 0.6 is 0 Å². The normalized spacial score (nSPS) is 8.75. The van der Waals surface area contributed by atoms with E-state index >= 15 is 0 Å². The van der Waals surface area contributed by atoms with E-state index in [2.05, 4.69) is 23.5 Å². The molecule has 0 saturated carbocycles. The van der Waals surface area contributed by atoms with E-state index in [4.69, 9.17) is 5.73 Å². The molecule has 0 radical (unpaired) electrons. The summed E-state index contributed by atoms with van der Waals surface area (Å²) in [4.78, 5) is 0. The summed E-state index contributed by atoms with van der Waals surface area (Å²) in [5.41, 5.74) is 6.12. The Bertz CT molecular complexity index is 314. The van der Waals surface area contributed by atoms with E-state index in [0.717, 1.165) is 5.56 Å². The van der Waals surface area contributed by atoms with Gasteiger partial charge in [0.1, 0.15) is 0 Å². The third-order valence-corrected chi connectivity index (χ3v) is 1.28. The molecule has 1 aromatic heterocycles. The van der Waals surface area contributed by atoms with Crippen molar-refractivity contribution in [2.24, 2.45) is 5.73 Å². The number of aromatic nitrogens is 2. The summed E-state index contributed by atoms with van der Waals surface area (Å²) < 4.78 is 1.77. The Hall–Kier alpha value is -1.53. The largest absolute Gasteiger partial charge is 0.320 e. The number of hydrogen-bond acceptors (Lipinski definition) is 2. The topological polar surface area (TPSA) is 43.8 Å². The average Bonchev–Trinajstić information content (AvgIpc) is 2.50. The first kappa shape index (κ1) is 8.57. The molecular formula is C9H11N3. The van der Waals surface area contributed by atoms with Crippen molar-refractivity contribution in [2.45, 2.75) is 6.54 Å². The number of rotatable bonds is 2. The molecule has 0 amide bonds. The molecule has 0 aliphatic rings. The van der Waals surface area contributed by atoms with Gasteiger partial charge in [-0.15, -0.1) is 6.58 Å². The van der Waals surface area contributed by atoms with Gasteiger partial charge in [-0.2, -0.15) is 5.10 Å². The second-order valence-electron chi connectivity index (χ2n) is 2.25. The van der Waals surface area contributed by atoms with E-state index in [1.54, 1.807) is 17.0 Å². The summed E-state index contributed by atoms with van der Waals surface area (Å²) in [6.07, 6.45) is 5.36. The van der Waals surface area contributed by atoms with Crippen LogP contribution in [-0.2, 0) is 6.54 Å². The molecule has 3 nitrogen and oxygen atoms in total. The lowest BCUT2D eigenvalue weighted by molar-refractivity contribution is 0.702. The zero-order valence-electron chi connectivity index (χ0n) is 6.83. The van der Waals surface area contributed by atoms with Crippen LogP contribution in [0.3, 0.4) is 0 Å². The van der Waals surface area contributed by atoms with Gasteiger partial charge in [-0.25, -0.2) is 0 Å². The van der Waals surface area contributed by atoms with Crippen molar-refractivity contribution in [3.63, 3.8) is 0 Å². The molecule has 0 unspecified atom stereocenters. The highest BCUT2D eigenvalue weighted by molar-refractivity contribution is 5.29. The van der Waals surface area contributed by atoms with Gasteiger partial charge in [0, 0.05) is 6.20 Å². The minimum Gasteiger partial charge on any atom is -0.320 e. The first-order valence-electron chi connectivity index (χ1n) is 3.69. The number of allylic oxidation sites excluding steroid dienone is 1. The highest BCUT2D eigenvalue weighted by Crippen LogP contribution is 1.94. The van der Waals surface area contributed by atoms with E-state index in [1.807, 2.05) is 6.20 Å². The van der Waals surface area contributed by atoms with Gasteiger partial charge in [0.2, 0.25) is 0 Å². The van der Waals surface area contributed by atoms with Crippen LogP contribution in [0.5, 0.6) is 0 Å². The Labute approximate surface area is 71.9 Å². The molecule has 1 rings (SSSR count). The number of hydrogen-bond donors (Lipinski definition) is 1. The van der Waals surface area contributed by atoms with Crippen molar-refractivity contribution in [3.05, 3.63) is 30.6 Å². The standard InChI is InChI=1S/C9H11N3/c1-2-6-12-8-9(7-11-12)4-3-5-10/h2,7-8H,1,5-6,10H2. The predicted molar refractivity (Wildman–Crippen MR) is 48.4 cm³/mol. The lowest BCUT2D eigenvalue weighted by Crippen LogP contribution is -1.93. The fourth-order valence-corrected chi connectivity index (χ4v) is 0.813. The molecule has 0 aromatic carbocycles. The molecule has 0 atom stereocenters. The molecule has 0 spiro atoms. The first-order chi connectivity index (χ1) is 5.86. The summed E-state index contributed by atoms with van der Waals surface area (Å²) in [7, 11) is 0. The highest BCUT2D eigenvalue weighted by Gasteiger charge is 1.91. The van der Waals surface area contributed by atoms with E-state index in [1.165, 1.54) is 0 Å². The van der Waals surface area contributed by atoms with Gasteiger partial charge in [0.15, 0.2) is 0 Å². The molecule has 1 aromatic rings. The Morgan fingerprint density at radius 2 is 2.58 bits per heavy atom. The Kier molecular flexibility index (Phi) is 3.12. The van der Waals surface area contributed by atoms with Crippen molar-refractivity contribution < 1.29 is 0 Å². The second-order valence-corrected chi connectivity index (χ2v) is 2.25. The molecule has 0 aliphatic heterocycles. The summed E-state index contributed by atoms with van der Waals surface area (Å²) in [6, 6.07) is 0. The van der Waals surface area contributed by atoms with Crippen LogP contribution in [0.4, 0.5) is 0 Å². The lowest BCUT2D eigenvalue weighted by atomic mass is 10.4. The van der Waals surface area contributed by atoms with Crippen molar-refractivity contribution in [1.82, 2.24) is 9.78 Å². The fourth-order valence-electron chi connectivity index (χ4n) is 0.813. The molecule has 0 aliphatic carbocycles. The highest BCUT2D eigenvalue weighted by atomic mass is 15.3. The van der Waals surface area contributed by atoms with Crippen molar-refractivity contribution >= 4 is 0 Å². The summed E-state index contributed by atoms with van der Waals surface area (Å²) in [5.74, 6) is 5.65. The minimum atomic E-state index is 0.382. The summed E-state index contributed by atoms with van der Waals surface area (Å²) in [6.45, 7) is 4.70. The SMILES string of the molecule is C=CCn1cc(C#CCN)cn1. The van der Waals surface area contributed by atoms with Crippen LogP contribution in [0.15, 0.2) is 25.0 Å². The van der Waals surface area contributed by atoms with Crippen molar-refractivity contribution in [3.8, 4) is 11.8 Å². The number of nitrogens with two attached hydrogens (primary N) is 1. The van der Waals surface area contributed by atoms with Gasteiger partial charge in [0.25, 0.3) is 0 Å². The van der Waals surface area contributed by atoms with Gasteiger partial charge < -0.3 is 5.73 Å². The molecule has 0 fully saturated rings. The quantitative estimate of drug-likeness (QED) is 0.503. The Morgan fingerprint density at radius 3 is 3.25 bits per heavy atom. The molecular weight excluding hydrogens is 150 g/mol. The molecule has 12 heavy (non-hydrogen) atoms. The van der Waals surface area contributed by atoms with Crippen LogP contribution in [0, 0.1) is 11.8 Å². The van der Waals surface area contributed by atoms with Crippen LogP contribution in [0.25, 0.3) is 0 Å². The first-order valence-corrected chi connectivity index (χ1v) is 3.69. The second kappa shape index (κ2) is 4.37. The number of nitrogens with zero attached hydrogens (tertiary/aromatic N) is 2. The molecule has 3 heteroatoms. The van der Waals surface area contributed by atoms with E-state index in [0.29, 0.717) is 13.1 Å². The van der Waals surface area contributed by atoms with Gasteiger partial charge >= 0.3 is 0 Å². The van der Waals surface area contributed by atoms with Crippen molar-refractivity contribution in [2.75, 3.05) is 6.54 Å². The fraction of sp³-hybridized carbons (Fsp3) is 0.222.